The monoisotopic (exact) mass is 445 g/mol. The minimum atomic E-state index is -0.257. The zero-order valence-electron chi connectivity index (χ0n) is 18.7. The first-order chi connectivity index (χ1) is 16.1. The van der Waals surface area contributed by atoms with Crippen molar-refractivity contribution in [2.24, 2.45) is 0 Å². The Bertz CT molecular complexity index is 1250. The third-order valence-corrected chi connectivity index (χ3v) is 5.44. The smallest absolute Gasteiger partial charge is 0.255 e. The number of nitrogens with zero attached hydrogens (tertiary/aromatic N) is 1. The van der Waals surface area contributed by atoms with E-state index in [4.69, 9.17) is 4.74 Å². The van der Waals surface area contributed by atoms with Gasteiger partial charge in [-0.2, -0.15) is 0 Å². The number of rotatable bonds is 10. The molecular formula is C27H28FN3O2. The summed E-state index contributed by atoms with van der Waals surface area (Å²) >= 11 is 0. The van der Waals surface area contributed by atoms with Crippen LogP contribution in [0.1, 0.15) is 18.1 Å². The summed E-state index contributed by atoms with van der Waals surface area (Å²) in [7, 11) is 0. The number of hydrogen-bond donors (Lipinski definition) is 2. The molecule has 0 atom stereocenters. The van der Waals surface area contributed by atoms with Gasteiger partial charge in [0.2, 0.25) is 0 Å². The molecule has 0 aliphatic rings. The van der Waals surface area contributed by atoms with Crippen LogP contribution in [0.2, 0.25) is 0 Å². The highest BCUT2D eigenvalue weighted by Gasteiger charge is 2.11. The van der Waals surface area contributed by atoms with Gasteiger partial charge in [-0.05, 0) is 60.0 Å². The van der Waals surface area contributed by atoms with E-state index in [2.05, 4.69) is 10.6 Å². The van der Waals surface area contributed by atoms with Crippen LogP contribution in [0.15, 0.2) is 83.7 Å². The van der Waals surface area contributed by atoms with E-state index in [1.54, 1.807) is 12.1 Å². The van der Waals surface area contributed by atoms with Crippen LogP contribution in [-0.4, -0.2) is 17.7 Å². The molecule has 0 aliphatic heterocycles. The molecule has 4 rings (SSSR count). The number of hydrogen-bond acceptors (Lipinski definition) is 4. The molecule has 4 aromatic rings. The molecule has 2 N–H and O–H groups in total. The second-order valence-corrected chi connectivity index (χ2v) is 7.85. The third kappa shape index (κ3) is 5.86. The molecule has 0 saturated carbocycles. The van der Waals surface area contributed by atoms with Crippen LogP contribution < -0.4 is 20.9 Å². The van der Waals surface area contributed by atoms with Gasteiger partial charge >= 0.3 is 0 Å². The highest BCUT2D eigenvalue weighted by molar-refractivity contribution is 5.81. The summed E-state index contributed by atoms with van der Waals surface area (Å²) in [5.74, 6) is 1.18. The lowest BCUT2D eigenvalue weighted by Crippen LogP contribution is -2.31. The molecule has 0 aliphatic carbocycles. The van der Waals surface area contributed by atoms with Crippen molar-refractivity contribution in [3.8, 4) is 11.5 Å². The fourth-order valence-corrected chi connectivity index (χ4v) is 3.76. The summed E-state index contributed by atoms with van der Waals surface area (Å²) < 4.78 is 20.9. The summed E-state index contributed by atoms with van der Waals surface area (Å²) in [6.07, 6.45) is 0. The van der Waals surface area contributed by atoms with Gasteiger partial charge < -0.3 is 19.9 Å². The first-order valence-corrected chi connectivity index (χ1v) is 11.2. The summed E-state index contributed by atoms with van der Waals surface area (Å²) in [4.78, 5) is 13.3. The predicted octanol–water partition coefficient (Wildman–Crippen LogP) is 4.83. The van der Waals surface area contributed by atoms with Crippen LogP contribution in [-0.2, 0) is 19.6 Å². The van der Waals surface area contributed by atoms with Gasteiger partial charge in [0, 0.05) is 37.8 Å². The molecule has 5 nitrogen and oxygen atoms in total. The lowest BCUT2D eigenvalue weighted by atomic mass is 10.1. The molecule has 1 heterocycles. The lowest BCUT2D eigenvalue weighted by molar-refractivity contribution is 0.483. The van der Waals surface area contributed by atoms with Crippen molar-refractivity contribution in [1.82, 2.24) is 15.2 Å². The van der Waals surface area contributed by atoms with Crippen molar-refractivity contribution in [1.29, 1.82) is 0 Å². The number of pyridine rings is 1. The van der Waals surface area contributed by atoms with Crippen molar-refractivity contribution in [3.63, 3.8) is 0 Å². The maximum atomic E-state index is 13.3. The molecule has 0 bridgehead atoms. The van der Waals surface area contributed by atoms with Gasteiger partial charge in [0.25, 0.3) is 5.56 Å². The molecule has 0 unspecified atom stereocenters. The average molecular weight is 446 g/mol. The van der Waals surface area contributed by atoms with E-state index in [1.807, 2.05) is 66.1 Å². The number of benzene rings is 3. The van der Waals surface area contributed by atoms with Crippen LogP contribution in [0, 0.1) is 5.82 Å². The van der Waals surface area contributed by atoms with E-state index in [1.165, 1.54) is 12.1 Å². The maximum Gasteiger partial charge on any atom is 0.255 e. The van der Waals surface area contributed by atoms with E-state index >= 15 is 0 Å². The number of halogens is 1. The zero-order valence-corrected chi connectivity index (χ0v) is 18.7. The summed E-state index contributed by atoms with van der Waals surface area (Å²) in [6, 6.07) is 23.7. The molecule has 0 spiro atoms. The van der Waals surface area contributed by atoms with Gasteiger partial charge in [-0.15, -0.1) is 0 Å². The molecule has 33 heavy (non-hydrogen) atoms. The standard InChI is InChI=1S/C27H28FN3O2/c1-2-29-14-15-31-26-17-25(33-24-6-4-3-5-7-24)13-10-21(26)16-22(27(31)32)19-30-18-20-8-11-23(28)12-9-20/h3-13,16-17,29-30H,2,14-15,18-19H2,1H3. The Morgan fingerprint density at radius 1 is 0.879 bits per heavy atom. The number of para-hydroxylation sites is 1. The first-order valence-electron chi connectivity index (χ1n) is 11.2. The topological polar surface area (TPSA) is 55.3 Å². The maximum absolute atomic E-state index is 13.3. The van der Waals surface area contributed by atoms with Crippen molar-refractivity contribution in [3.05, 3.63) is 106 Å². The largest absolute Gasteiger partial charge is 0.457 e. The van der Waals surface area contributed by atoms with Crippen molar-refractivity contribution in [2.45, 2.75) is 26.6 Å². The van der Waals surface area contributed by atoms with Crippen molar-refractivity contribution >= 4 is 10.9 Å². The van der Waals surface area contributed by atoms with E-state index in [-0.39, 0.29) is 11.4 Å². The minimum Gasteiger partial charge on any atom is -0.457 e. The van der Waals surface area contributed by atoms with E-state index in [0.717, 1.165) is 28.8 Å². The predicted molar refractivity (Wildman–Crippen MR) is 130 cm³/mol. The summed E-state index contributed by atoms with van der Waals surface area (Å²) in [6.45, 7) is 5.12. The van der Waals surface area contributed by atoms with Crippen LogP contribution in [0.25, 0.3) is 10.9 Å². The lowest BCUT2D eigenvalue weighted by Gasteiger charge is -2.15. The summed E-state index contributed by atoms with van der Waals surface area (Å²) in [5, 5.41) is 7.58. The molecular weight excluding hydrogens is 417 g/mol. The van der Waals surface area contributed by atoms with Gasteiger partial charge in [-0.3, -0.25) is 4.79 Å². The number of likely N-dealkylation sites (N-methyl/N-ethyl adjacent to an activating group) is 1. The Kier molecular flexibility index (Phi) is 7.50. The second-order valence-electron chi connectivity index (χ2n) is 7.85. The highest BCUT2D eigenvalue weighted by atomic mass is 19.1. The van der Waals surface area contributed by atoms with Crippen molar-refractivity contribution in [2.75, 3.05) is 13.1 Å². The van der Waals surface area contributed by atoms with Gasteiger partial charge in [0.1, 0.15) is 17.3 Å². The van der Waals surface area contributed by atoms with E-state index < -0.39 is 0 Å². The second kappa shape index (κ2) is 10.9. The Morgan fingerprint density at radius 3 is 2.42 bits per heavy atom. The Morgan fingerprint density at radius 2 is 1.67 bits per heavy atom. The quantitative estimate of drug-likeness (QED) is 0.343. The van der Waals surface area contributed by atoms with Gasteiger partial charge in [0.05, 0.1) is 5.52 Å². The minimum absolute atomic E-state index is 0.0242. The molecule has 0 fully saturated rings. The number of fused-ring (bicyclic) bond motifs is 1. The molecule has 3 aromatic carbocycles. The number of aromatic nitrogens is 1. The average Bonchev–Trinajstić information content (AvgIpc) is 2.83. The first kappa shape index (κ1) is 22.7. The fraction of sp³-hybridized carbons (Fsp3) is 0.222. The highest BCUT2D eigenvalue weighted by Crippen LogP contribution is 2.25. The number of ether oxygens (including phenoxy) is 1. The van der Waals surface area contributed by atoms with E-state index in [0.29, 0.717) is 37.5 Å². The molecule has 0 saturated heterocycles. The Labute approximate surface area is 192 Å². The van der Waals surface area contributed by atoms with Gasteiger partial charge in [-0.25, -0.2) is 4.39 Å². The summed E-state index contributed by atoms with van der Waals surface area (Å²) in [5.41, 5.74) is 2.47. The normalized spacial score (nSPS) is 11.1. The Balaban J connectivity index is 1.60. The van der Waals surface area contributed by atoms with Gasteiger partial charge in [0.15, 0.2) is 0 Å². The van der Waals surface area contributed by atoms with Crippen LogP contribution in [0.3, 0.4) is 0 Å². The van der Waals surface area contributed by atoms with E-state index in [9.17, 15) is 9.18 Å². The SMILES string of the molecule is CCNCCn1c(=O)c(CNCc2ccc(F)cc2)cc2ccc(Oc3ccccc3)cc21. The van der Waals surface area contributed by atoms with Crippen molar-refractivity contribution < 1.29 is 9.13 Å². The molecule has 1 aromatic heterocycles. The molecule has 170 valence electrons. The fourth-order valence-electron chi connectivity index (χ4n) is 3.76. The molecule has 6 heteroatoms. The van der Waals surface area contributed by atoms with Crippen LogP contribution >= 0.6 is 0 Å². The zero-order chi connectivity index (χ0) is 23.0. The Hall–Kier alpha value is -3.48. The van der Waals surface area contributed by atoms with Crippen LogP contribution in [0.5, 0.6) is 11.5 Å². The van der Waals surface area contributed by atoms with Crippen LogP contribution in [0.4, 0.5) is 4.39 Å². The van der Waals surface area contributed by atoms with Gasteiger partial charge in [-0.1, -0.05) is 37.3 Å². The number of nitrogens with one attached hydrogen (secondary N) is 2. The molecule has 0 radical (unpaired) electrons. The third-order valence-electron chi connectivity index (χ3n) is 5.44. The molecule has 0 amide bonds.